The van der Waals surface area contributed by atoms with Crippen molar-refractivity contribution in [3.05, 3.63) is 42.1 Å². The lowest BCUT2D eigenvalue weighted by atomic mass is 10.2. The molecule has 1 fully saturated rings. The van der Waals surface area contributed by atoms with Crippen molar-refractivity contribution in [2.45, 2.75) is 16.3 Å². The first-order valence-electron chi connectivity index (χ1n) is 8.15. The first-order chi connectivity index (χ1) is 13.1. The van der Waals surface area contributed by atoms with Crippen LogP contribution in [0.5, 0.6) is 0 Å². The molecule has 0 bridgehead atoms. The number of rotatable bonds is 5. The van der Waals surface area contributed by atoms with Crippen LogP contribution in [0.1, 0.15) is 16.8 Å². The molecule has 0 atom stereocenters. The Morgan fingerprint density at radius 2 is 1.71 bits per heavy atom. The van der Waals surface area contributed by atoms with Gasteiger partial charge in [0.25, 0.3) is 10.0 Å². The molecule has 0 unspecified atom stereocenters. The number of nitrogens with one attached hydrogen (secondary N) is 1. The molecule has 28 heavy (non-hydrogen) atoms. The fourth-order valence-corrected chi connectivity index (χ4v) is 5.71. The van der Waals surface area contributed by atoms with Gasteiger partial charge in [0.05, 0.1) is 23.0 Å². The van der Waals surface area contributed by atoms with Crippen molar-refractivity contribution < 1.29 is 31.1 Å². The number of sulfonamides is 2. The number of hydrogen-bond acceptors (Lipinski definition) is 6. The highest BCUT2D eigenvalue weighted by atomic mass is 32.2. The van der Waals surface area contributed by atoms with E-state index in [2.05, 4.69) is 9.97 Å². The van der Waals surface area contributed by atoms with Crippen molar-refractivity contribution in [2.75, 3.05) is 26.2 Å². The number of carboxylic acid groups (broad SMARTS) is 1. The summed E-state index contributed by atoms with van der Waals surface area (Å²) in [6, 6.07) is 2.53. The maximum Gasteiger partial charge on any atom is 0.338 e. The first-order valence-corrected chi connectivity index (χ1v) is 11.0. The number of carbonyl (C=O) groups is 1. The van der Waals surface area contributed by atoms with Crippen LogP contribution < -0.4 is 0 Å². The van der Waals surface area contributed by atoms with E-state index in [-0.39, 0.29) is 42.5 Å². The average Bonchev–Trinajstić information content (AvgIpc) is 3.06. The molecule has 0 saturated carbocycles. The standard InChI is InChI=1S/C15H17FN4O6S2/c16-13-3-2-11(8-12(13)15(21)22)27(23,24)19-4-1-5-20(7-6-19)28(25,26)14-9-17-10-18-14/h2-3,8-10H,1,4-7H2,(H,17,18)(H,21,22). The highest BCUT2D eigenvalue weighted by Crippen LogP contribution is 2.22. The van der Waals surface area contributed by atoms with E-state index in [0.29, 0.717) is 0 Å². The van der Waals surface area contributed by atoms with Gasteiger partial charge in [0, 0.05) is 26.2 Å². The third-order valence-electron chi connectivity index (χ3n) is 4.31. The molecule has 0 spiro atoms. The van der Waals surface area contributed by atoms with Gasteiger partial charge in [-0.15, -0.1) is 0 Å². The Morgan fingerprint density at radius 1 is 1.07 bits per heavy atom. The summed E-state index contributed by atoms with van der Waals surface area (Å²) in [4.78, 5) is 16.9. The van der Waals surface area contributed by atoms with Crippen LogP contribution >= 0.6 is 0 Å². The monoisotopic (exact) mass is 432 g/mol. The van der Waals surface area contributed by atoms with Crippen LogP contribution in [-0.2, 0) is 20.0 Å². The molecule has 3 rings (SSSR count). The predicted octanol–water partition coefficient (Wildman–Crippen LogP) is 0.332. The van der Waals surface area contributed by atoms with Crippen LogP contribution in [0.4, 0.5) is 4.39 Å². The van der Waals surface area contributed by atoms with Crippen LogP contribution in [0.2, 0.25) is 0 Å². The maximum absolute atomic E-state index is 13.6. The fraction of sp³-hybridized carbons (Fsp3) is 0.333. The molecule has 1 saturated heterocycles. The third-order valence-corrected chi connectivity index (χ3v) is 8.03. The number of H-pyrrole nitrogens is 1. The summed E-state index contributed by atoms with van der Waals surface area (Å²) < 4.78 is 66.6. The zero-order chi connectivity index (χ0) is 20.5. The molecule has 1 aromatic heterocycles. The highest BCUT2D eigenvalue weighted by Gasteiger charge is 2.32. The summed E-state index contributed by atoms with van der Waals surface area (Å²) >= 11 is 0. The summed E-state index contributed by atoms with van der Waals surface area (Å²) in [7, 11) is -7.95. The smallest absolute Gasteiger partial charge is 0.338 e. The lowest BCUT2D eigenvalue weighted by molar-refractivity contribution is 0.0691. The Morgan fingerprint density at radius 3 is 2.29 bits per heavy atom. The number of nitrogens with zero attached hydrogens (tertiary/aromatic N) is 3. The zero-order valence-corrected chi connectivity index (χ0v) is 16.1. The van der Waals surface area contributed by atoms with E-state index in [0.717, 1.165) is 26.8 Å². The molecule has 1 aromatic carbocycles. The number of halogens is 1. The molecule has 0 amide bonds. The molecule has 13 heteroatoms. The van der Waals surface area contributed by atoms with Gasteiger partial charge in [-0.2, -0.15) is 8.61 Å². The molecule has 10 nitrogen and oxygen atoms in total. The Balaban J connectivity index is 1.84. The molecule has 0 radical (unpaired) electrons. The van der Waals surface area contributed by atoms with Gasteiger partial charge in [0.1, 0.15) is 5.82 Å². The number of hydrogen-bond donors (Lipinski definition) is 2. The van der Waals surface area contributed by atoms with Crippen LogP contribution in [0.3, 0.4) is 0 Å². The minimum Gasteiger partial charge on any atom is -0.478 e. The Bertz CT molecular complexity index is 1090. The van der Waals surface area contributed by atoms with E-state index < -0.39 is 37.4 Å². The molecule has 1 aliphatic heterocycles. The zero-order valence-electron chi connectivity index (χ0n) is 14.4. The largest absolute Gasteiger partial charge is 0.478 e. The normalized spacial score (nSPS) is 17.3. The van der Waals surface area contributed by atoms with Gasteiger partial charge in [0.2, 0.25) is 10.0 Å². The first kappa shape index (κ1) is 20.4. The SMILES string of the molecule is O=C(O)c1cc(S(=O)(=O)N2CCCN(S(=O)(=O)c3cnc[nH]3)CC2)ccc1F. The van der Waals surface area contributed by atoms with E-state index in [1.165, 1.54) is 12.5 Å². The topological polar surface area (TPSA) is 141 Å². The van der Waals surface area contributed by atoms with Gasteiger partial charge in [-0.25, -0.2) is 31.0 Å². The summed E-state index contributed by atoms with van der Waals surface area (Å²) in [5.41, 5.74) is -0.751. The lowest BCUT2D eigenvalue weighted by Gasteiger charge is -2.21. The van der Waals surface area contributed by atoms with Crippen molar-refractivity contribution in [2.24, 2.45) is 0 Å². The van der Waals surface area contributed by atoms with Crippen LogP contribution in [-0.4, -0.2) is 72.7 Å². The lowest BCUT2D eigenvalue weighted by Crippen LogP contribution is -2.37. The second-order valence-electron chi connectivity index (χ2n) is 6.02. The van der Waals surface area contributed by atoms with Crippen molar-refractivity contribution in [1.82, 2.24) is 18.6 Å². The van der Waals surface area contributed by atoms with E-state index in [9.17, 15) is 26.0 Å². The van der Waals surface area contributed by atoms with Crippen molar-refractivity contribution in [1.29, 1.82) is 0 Å². The second kappa shape index (κ2) is 7.58. The quantitative estimate of drug-likeness (QED) is 0.694. The van der Waals surface area contributed by atoms with Gasteiger partial charge in [-0.1, -0.05) is 0 Å². The van der Waals surface area contributed by atoms with Gasteiger partial charge in [-0.3, -0.25) is 0 Å². The van der Waals surface area contributed by atoms with E-state index in [1.54, 1.807) is 0 Å². The minimum absolute atomic E-state index is 0.0388. The molecular formula is C15H17FN4O6S2. The summed E-state index contributed by atoms with van der Waals surface area (Å²) in [5.74, 6) is -2.62. The van der Waals surface area contributed by atoms with Crippen LogP contribution in [0, 0.1) is 5.82 Å². The number of aromatic carboxylic acids is 1. The minimum atomic E-state index is -4.12. The van der Waals surface area contributed by atoms with Gasteiger partial charge >= 0.3 is 5.97 Å². The molecule has 0 aliphatic carbocycles. The van der Waals surface area contributed by atoms with Crippen LogP contribution in [0.25, 0.3) is 0 Å². The average molecular weight is 432 g/mol. The fourth-order valence-electron chi connectivity index (χ4n) is 2.85. The Kier molecular flexibility index (Phi) is 5.52. The van der Waals surface area contributed by atoms with E-state index >= 15 is 0 Å². The summed E-state index contributed by atoms with van der Waals surface area (Å²) in [5, 5.41) is 8.91. The van der Waals surface area contributed by atoms with E-state index in [4.69, 9.17) is 5.11 Å². The molecule has 2 heterocycles. The molecule has 152 valence electrons. The van der Waals surface area contributed by atoms with Gasteiger partial charge in [0.15, 0.2) is 5.03 Å². The Labute approximate surface area is 160 Å². The van der Waals surface area contributed by atoms with Crippen molar-refractivity contribution in [3.8, 4) is 0 Å². The van der Waals surface area contributed by atoms with Crippen molar-refractivity contribution in [3.63, 3.8) is 0 Å². The Hall–Kier alpha value is -2.35. The third kappa shape index (κ3) is 3.78. The summed E-state index contributed by atoms with van der Waals surface area (Å²) in [6.07, 6.45) is 2.64. The van der Waals surface area contributed by atoms with Crippen molar-refractivity contribution >= 4 is 26.0 Å². The number of imidazole rings is 1. The summed E-state index contributed by atoms with van der Waals surface area (Å²) in [6.45, 7) is -0.0721. The highest BCUT2D eigenvalue weighted by molar-refractivity contribution is 7.89. The number of aromatic nitrogens is 2. The molecule has 2 aromatic rings. The number of benzene rings is 1. The van der Waals surface area contributed by atoms with E-state index in [1.807, 2.05) is 0 Å². The molecular weight excluding hydrogens is 415 g/mol. The van der Waals surface area contributed by atoms with Crippen LogP contribution in [0.15, 0.2) is 40.6 Å². The predicted molar refractivity (Wildman–Crippen MR) is 94.1 cm³/mol. The maximum atomic E-state index is 13.6. The second-order valence-corrected chi connectivity index (χ2v) is 9.87. The molecule has 2 N–H and O–H groups in total. The number of carboxylic acids is 1. The number of aromatic amines is 1. The van der Waals surface area contributed by atoms with Gasteiger partial charge in [-0.05, 0) is 24.6 Å². The van der Waals surface area contributed by atoms with Gasteiger partial charge < -0.3 is 10.1 Å². The molecule has 1 aliphatic rings.